The van der Waals surface area contributed by atoms with Crippen molar-refractivity contribution >= 4 is 17.6 Å². The summed E-state index contributed by atoms with van der Waals surface area (Å²) in [6.07, 6.45) is 4.37. The van der Waals surface area contributed by atoms with Gasteiger partial charge in [-0.2, -0.15) is 0 Å². The fourth-order valence-corrected chi connectivity index (χ4v) is 1.47. The normalized spacial score (nSPS) is 30.2. The monoisotopic (exact) mass is 230 g/mol. The zero-order chi connectivity index (χ0) is 11.6. The molecule has 0 saturated heterocycles. The quantitative estimate of drug-likeness (QED) is 0.319. The minimum absolute atomic E-state index is 0.167. The molecule has 1 aliphatic carbocycles. The van der Waals surface area contributed by atoms with Crippen molar-refractivity contribution in [3.8, 4) is 0 Å². The molecule has 0 amide bonds. The van der Waals surface area contributed by atoms with Gasteiger partial charge in [0.1, 0.15) is 10.9 Å². The van der Waals surface area contributed by atoms with Crippen LogP contribution in [0.15, 0.2) is 23.9 Å². The van der Waals surface area contributed by atoms with E-state index in [2.05, 4.69) is 0 Å². The number of halogens is 1. The average Bonchev–Trinajstić information content (AvgIpc) is 1.99. The second-order valence-electron chi connectivity index (χ2n) is 3.79. The predicted molar refractivity (Wildman–Crippen MR) is 58.9 cm³/mol. The van der Waals surface area contributed by atoms with Gasteiger partial charge in [0.05, 0.1) is 6.10 Å². The van der Waals surface area contributed by atoms with Crippen LogP contribution in [0, 0.1) is 5.92 Å². The molecular weight excluding hydrogens is 216 g/mol. The van der Waals surface area contributed by atoms with Crippen molar-refractivity contribution in [1.29, 1.82) is 0 Å². The lowest BCUT2D eigenvalue weighted by molar-refractivity contribution is -0.149. The number of ether oxygens (including phenoxy) is 1. The highest BCUT2D eigenvalue weighted by molar-refractivity contribution is 6.26. The smallest absolute Gasteiger partial charge is 0.319 e. The van der Waals surface area contributed by atoms with Crippen LogP contribution >= 0.6 is 11.6 Å². The molecule has 4 N–H and O–H groups in total. The van der Waals surface area contributed by atoms with Gasteiger partial charge in [-0.1, -0.05) is 17.7 Å². The summed E-state index contributed by atoms with van der Waals surface area (Å²) in [6, 6.07) is 0. The van der Waals surface area contributed by atoms with Crippen molar-refractivity contribution in [2.75, 3.05) is 0 Å². The van der Waals surface area contributed by atoms with E-state index in [0.717, 1.165) is 0 Å². The lowest BCUT2D eigenvalue weighted by Crippen LogP contribution is -2.36. The Morgan fingerprint density at radius 2 is 2.27 bits per heavy atom. The van der Waals surface area contributed by atoms with Crippen molar-refractivity contribution in [2.45, 2.75) is 24.9 Å². The average molecular weight is 231 g/mol. The highest BCUT2D eigenvalue weighted by atomic mass is 35.5. The number of nitrogens with two attached hydrogens (primary N) is 2. The summed E-state index contributed by atoms with van der Waals surface area (Å²) in [5.74, 6) is -0.968. The van der Waals surface area contributed by atoms with Crippen molar-refractivity contribution < 1.29 is 9.53 Å². The van der Waals surface area contributed by atoms with Crippen LogP contribution in [0.5, 0.6) is 0 Å². The molecule has 0 aromatic heterocycles. The zero-order valence-electron chi connectivity index (χ0n) is 8.74. The number of carbonyl (C=O) groups excluding carboxylic acids is 1. The molecule has 2 atom stereocenters. The van der Waals surface area contributed by atoms with E-state index in [1.807, 2.05) is 0 Å². The van der Waals surface area contributed by atoms with E-state index in [4.69, 9.17) is 27.8 Å². The van der Waals surface area contributed by atoms with E-state index >= 15 is 0 Å². The second kappa shape index (κ2) is 4.24. The molecule has 4 nitrogen and oxygen atoms in total. The Hall–Kier alpha value is -1.00. The third-order valence-electron chi connectivity index (χ3n) is 1.90. The van der Waals surface area contributed by atoms with Gasteiger partial charge in [0.2, 0.25) is 0 Å². The highest BCUT2D eigenvalue weighted by Gasteiger charge is 2.28. The molecular formula is C10H15ClN2O2. The lowest BCUT2D eigenvalue weighted by Gasteiger charge is -2.23. The van der Waals surface area contributed by atoms with Crippen molar-refractivity contribution in [3.05, 3.63) is 23.9 Å². The number of hydrogen-bond donors (Lipinski definition) is 2. The van der Waals surface area contributed by atoms with Crippen LogP contribution in [0.4, 0.5) is 0 Å². The molecule has 1 aliphatic rings. The van der Waals surface area contributed by atoms with Gasteiger partial charge in [-0.15, -0.1) is 0 Å². The minimum atomic E-state index is -1.10. The van der Waals surface area contributed by atoms with Crippen LogP contribution in [0.3, 0.4) is 0 Å². The summed E-state index contributed by atoms with van der Waals surface area (Å²) in [4.78, 5) is 10.5. The first kappa shape index (κ1) is 12.1. The molecule has 15 heavy (non-hydrogen) atoms. The summed E-state index contributed by atoms with van der Waals surface area (Å²) in [5, 5.41) is 0. The van der Waals surface area contributed by atoms with E-state index in [1.165, 1.54) is 12.2 Å². The van der Waals surface area contributed by atoms with E-state index in [9.17, 15) is 4.79 Å². The molecule has 0 aromatic rings. The van der Waals surface area contributed by atoms with E-state index < -0.39 is 10.9 Å². The van der Waals surface area contributed by atoms with Gasteiger partial charge in [-0.3, -0.25) is 4.79 Å². The van der Waals surface area contributed by atoms with Gasteiger partial charge in [-0.25, -0.2) is 0 Å². The minimum Gasteiger partial charge on any atom is -0.462 e. The van der Waals surface area contributed by atoms with Gasteiger partial charge >= 0.3 is 5.97 Å². The number of hydrogen-bond acceptors (Lipinski definition) is 4. The highest BCUT2D eigenvalue weighted by Crippen LogP contribution is 2.24. The first-order valence-corrected chi connectivity index (χ1v) is 5.05. The molecule has 84 valence electrons. The Balaban J connectivity index is 2.75. The molecule has 0 radical (unpaired) electrons. The summed E-state index contributed by atoms with van der Waals surface area (Å²) >= 11 is 5.83. The predicted octanol–water partition coefficient (Wildman–Crippen LogP) is 0.860. The molecule has 0 bridgehead atoms. The largest absolute Gasteiger partial charge is 0.462 e. The van der Waals surface area contributed by atoms with Crippen LogP contribution in [0.2, 0.25) is 0 Å². The first-order chi connectivity index (χ1) is 6.82. The van der Waals surface area contributed by atoms with Crippen LogP contribution < -0.4 is 11.5 Å². The molecule has 5 heteroatoms. The number of carbonyl (C=O) groups is 1. The summed E-state index contributed by atoms with van der Waals surface area (Å²) in [5.41, 5.74) is 11.6. The molecule has 0 aliphatic heterocycles. The third kappa shape index (κ3) is 3.25. The van der Waals surface area contributed by atoms with E-state index in [-0.39, 0.29) is 12.1 Å². The van der Waals surface area contributed by atoms with Crippen molar-refractivity contribution in [1.82, 2.24) is 0 Å². The molecule has 0 heterocycles. The molecule has 0 fully saturated rings. The third-order valence-corrected chi connectivity index (χ3v) is 2.13. The molecule has 0 saturated carbocycles. The van der Waals surface area contributed by atoms with Crippen LogP contribution in [0.1, 0.15) is 13.8 Å². The summed E-state index contributed by atoms with van der Waals surface area (Å²) < 4.78 is 5.03. The van der Waals surface area contributed by atoms with Crippen molar-refractivity contribution in [3.63, 3.8) is 0 Å². The number of esters is 1. The van der Waals surface area contributed by atoms with E-state index in [1.54, 1.807) is 19.9 Å². The summed E-state index contributed by atoms with van der Waals surface area (Å²) in [6.45, 7) is 3.55. The molecule has 2 unspecified atom stereocenters. The SMILES string of the molecule is CC(C)OC(=O)C1C=CC(N)(Cl)C=C1N. The van der Waals surface area contributed by atoms with Crippen LogP contribution in [-0.2, 0) is 9.53 Å². The number of alkyl halides is 1. The fourth-order valence-electron chi connectivity index (χ4n) is 1.27. The lowest BCUT2D eigenvalue weighted by atomic mass is 9.97. The van der Waals surface area contributed by atoms with Gasteiger partial charge in [-0.05, 0) is 26.0 Å². The topological polar surface area (TPSA) is 78.3 Å². The van der Waals surface area contributed by atoms with Gasteiger partial charge in [0.15, 0.2) is 0 Å². The van der Waals surface area contributed by atoms with E-state index in [0.29, 0.717) is 5.70 Å². The van der Waals surface area contributed by atoms with Gasteiger partial charge in [0.25, 0.3) is 0 Å². The maximum Gasteiger partial charge on any atom is 0.319 e. The fraction of sp³-hybridized carbons (Fsp3) is 0.500. The maximum absolute atomic E-state index is 11.6. The second-order valence-corrected chi connectivity index (χ2v) is 4.45. The van der Waals surface area contributed by atoms with Crippen molar-refractivity contribution in [2.24, 2.45) is 17.4 Å². The Morgan fingerprint density at radius 1 is 1.67 bits per heavy atom. The standard InChI is InChI=1S/C10H15ClN2O2/c1-6(2)15-9(14)7-3-4-10(11,13)5-8(7)12/h3-7H,12-13H2,1-2H3. The van der Waals surface area contributed by atoms with Gasteiger partial charge in [0, 0.05) is 5.70 Å². The Morgan fingerprint density at radius 3 is 2.73 bits per heavy atom. The van der Waals surface area contributed by atoms with Crippen LogP contribution in [0.25, 0.3) is 0 Å². The van der Waals surface area contributed by atoms with Gasteiger partial charge < -0.3 is 16.2 Å². The first-order valence-electron chi connectivity index (χ1n) is 4.68. The molecule has 1 rings (SSSR count). The Bertz CT molecular complexity index is 321. The summed E-state index contributed by atoms with van der Waals surface area (Å²) in [7, 11) is 0. The Kier molecular flexibility index (Phi) is 3.42. The molecule has 0 aromatic carbocycles. The maximum atomic E-state index is 11.6. The Labute approximate surface area is 93.9 Å². The molecule has 0 spiro atoms. The number of rotatable bonds is 2. The van der Waals surface area contributed by atoms with Crippen LogP contribution in [-0.4, -0.2) is 17.1 Å². The zero-order valence-corrected chi connectivity index (χ0v) is 9.49.